The van der Waals surface area contributed by atoms with Crippen molar-refractivity contribution in [2.24, 2.45) is 0 Å². The Morgan fingerprint density at radius 1 is 1.14 bits per heavy atom. The lowest BCUT2D eigenvalue weighted by Crippen LogP contribution is -2.24. The summed E-state index contributed by atoms with van der Waals surface area (Å²) in [5.74, 6) is 0.209. The number of nitrogens with one attached hydrogen (secondary N) is 2. The third-order valence-corrected chi connectivity index (χ3v) is 6.71. The van der Waals surface area contributed by atoms with Crippen molar-refractivity contribution in [3.05, 3.63) is 89.0 Å². The number of hydrogen-bond donors (Lipinski definition) is 2. The van der Waals surface area contributed by atoms with Crippen LogP contribution in [0.5, 0.6) is 0 Å². The second-order valence-corrected chi connectivity index (χ2v) is 9.47. The lowest BCUT2D eigenvalue weighted by Gasteiger charge is -2.09. The highest BCUT2D eigenvalue weighted by molar-refractivity contribution is 7.99. The molecule has 0 unspecified atom stereocenters. The van der Waals surface area contributed by atoms with Crippen LogP contribution < -0.4 is 10.6 Å². The maximum atomic E-state index is 12.5. The van der Waals surface area contributed by atoms with Crippen LogP contribution >= 0.6 is 34.7 Å². The predicted molar refractivity (Wildman–Crippen MR) is 140 cm³/mol. The molecule has 0 aliphatic rings. The molecule has 0 bridgehead atoms. The van der Waals surface area contributed by atoms with Crippen molar-refractivity contribution >= 4 is 51.6 Å². The van der Waals surface area contributed by atoms with Gasteiger partial charge in [-0.2, -0.15) is 0 Å². The minimum Gasteiger partial charge on any atom is -0.345 e. The first kappa shape index (κ1) is 24.6. The Morgan fingerprint density at radius 3 is 2.74 bits per heavy atom. The predicted octanol–water partition coefficient (Wildman–Crippen LogP) is 4.90. The molecule has 0 fully saturated rings. The molecule has 4 rings (SSSR count). The van der Waals surface area contributed by atoms with Gasteiger partial charge < -0.3 is 15.2 Å². The summed E-state index contributed by atoms with van der Waals surface area (Å²) >= 11 is 8.58. The number of carbonyl (C=O) groups is 2. The lowest BCUT2D eigenvalue weighted by atomic mass is 10.2. The molecule has 0 aliphatic heterocycles. The van der Waals surface area contributed by atoms with Crippen LogP contribution in [0.3, 0.4) is 0 Å². The Hall–Kier alpha value is -3.47. The lowest BCUT2D eigenvalue weighted by molar-refractivity contribution is -0.113. The van der Waals surface area contributed by atoms with Crippen LogP contribution in [-0.4, -0.2) is 37.3 Å². The van der Waals surface area contributed by atoms with Crippen LogP contribution in [-0.2, 0) is 17.9 Å². The van der Waals surface area contributed by atoms with Gasteiger partial charge in [0.05, 0.1) is 18.0 Å². The van der Waals surface area contributed by atoms with Crippen LogP contribution in [0.25, 0.3) is 11.3 Å². The molecular formula is C24H21ClN6O2S2. The van der Waals surface area contributed by atoms with E-state index < -0.39 is 0 Å². The van der Waals surface area contributed by atoms with Gasteiger partial charge in [0.2, 0.25) is 5.91 Å². The van der Waals surface area contributed by atoms with Gasteiger partial charge in [0.15, 0.2) is 16.1 Å². The van der Waals surface area contributed by atoms with Gasteiger partial charge in [0, 0.05) is 28.1 Å². The molecule has 2 amide bonds. The number of anilines is 1. The average molecular weight is 525 g/mol. The van der Waals surface area contributed by atoms with Gasteiger partial charge in [-0.15, -0.1) is 28.1 Å². The highest BCUT2D eigenvalue weighted by Gasteiger charge is 2.16. The molecule has 4 aromatic rings. The van der Waals surface area contributed by atoms with E-state index >= 15 is 0 Å². The molecule has 178 valence electrons. The van der Waals surface area contributed by atoms with Crippen molar-refractivity contribution in [2.45, 2.75) is 18.2 Å². The normalized spacial score (nSPS) is 10.7. The van der Waals surface area contributed by atoms with Gasteiger partial charge in [0.25, 0.3) is 5.91 Å². The Balaban J connectivity index is 1.34. The minimum absolute atomic E-state index is 0.129. The molecule has 0 atom stereocenters. The Morgan fingerprint density at radius 2 is 1.97 bits per heavy atom. The minimum atomic E-state index is -0.271. The number of thiazole rings is 1. The molecular weight excluding hydrogens is 504 g/mol. The fourth-order valence-electron chi connectivity index (χ4n) is 3.12. The molecule has 8 nitrogen and oxygen atoms in total. The van der Waals surface area contributed by atoms with Crippen molar-refractivity contribution in [3.8, 4) is 11.3 Å². The third-order valence-electron chi connectivity index (χ3n) is 4.75. The zero-order valence-electron chi connectivity index (χ0n) is 18.5. The maximum absolute atomic E-state index is 12.5. The molecule has 0 radical (unpaired) electrons. The van der Waals surface area contributed by atoms with E-state index in [-0.39, 0.29) is 24.1 Å². The van der Waals surface area contributed by atoms with Gasteiger partial charge in [0.1, 0.15) is 0 Å². The zero-order chi connectivity index (χ0) is 24.6. The second kappa shape index (κ2) is 11.8. The van der Waals surface area contributed by atoms with E-state index in [1.807, 2.05) is 35.7 Å². The van der Waals surface area contributed by atoms with Crippen molar-refractivity contribution in [1.82, 2.24) is 25.1 Å². The molecule has 0 aliphatic carbocycles. The van der Waals surface area contributed by atoms with E-state index in [9.17, 15) is 9.59 Å². The molecule has 0 saturated heterocycles. The van der Waals surface area contributed by atoms with Gasteiger partial charge in [-0.25, -0.2) is 4.98 Å². The number of carbonyl (C=O) groups excluding carboxylic acids is 2. The number of thioether (sulfide) groups is 1. The largest absolute Gasteiger partial charge is 0.345 e. The Kier molecular flexibility index (Phi) is 8.30. The number of amides is 2. The summed E-state index contributed by atoms with van der Waals surface area (Å²) in [7, 11) is 0. The van der Waals surface area contributed by atoms with E-state index in [0.717, 1.165) is 11.3 Å². The molecule has 0 saturated carbocycles. The first-order chi connectivity index (χ1) is 17.0. The van der Waals surface area contributed by atoms with Crippen molar-refractivity contribution in [2.75, 3.05) is 11.1 Å². The number of allylic oxidation sites excluding steroid dienone is 1. The fourth-order valence-corrected chi connectivity index (χ4v) is 4.81. The molecule has 2 N–H and O–H groups in total. The van der Waals surface area contributed by atoms with Crippen LogP contribution in [0.4, 0.5) is 5.13 Å². The van der Waals surface area contributed by atoms with E-state index in [0.29, 0.717) is 33.2 Å². The van der Waals surface area contributed by atoms with E-state index in [4.69, 9.17) is 11.6 Å². The number of aromatic nitrogens is 4. The van der Waals surface area contributed by atoms with Crippen molar-refractivity contribution in [3.63, 3.8) is 0 Å². The Bertz CT molecular complexity index is 1340. The highest BCUT2D eigenvalue weighted by Crippen LogP contribution is 2.25. The zero-order valence-corrected chi connectivity index (χ0v) is 20.9. The summed E-state index contributed by atoms with van der Waals surface area (Å²) in [6, 6.07) is 16.5. The second-order valence-electron chi connectivity index (χ2n) is 7.23. The standard InChI is InChI=1S/C24H21ClN6O2S2/c1-2-11-31-20(13-26-22(33)17-9-6-10-18(25)12-17)29-30-24(31)35-15-21(32)28-23-27-19(14-34-23)16-7-4-3-5-8-16/h2-10,12,14H,1,11,13,15H2,(H,26,33)(H,27,28,32). The molecule has 35 heavy (non-hydrogen) atoms. The molecule has 11 heteroatoms. The number of hydrogen-bond acceptors (Lipinski definition) is 7. The summed E-state index contributed by atoms with van der Waals surface area (Å²) < 4.78 is 1.81. The van der Waals surface area contributed by atoms with Gasteiger partial charge in [-0.05, 0) is 18.2 Å². The van der Waals surface area contributed by atoms with E-state index in [2.05, 4.69) is 32.4 Å². The highest BCUT2D eigenvalue weighted by atomic mass is 35.5. The summed E-state index contributed by atoms with van der Waals surface area (Å²) in [6.45, 7) is 4.38. The van der Waals surface area contributed by atoms with Gasteiger partial charge in [-0.3, -0.25) is 9.59 Å². The summed E-state index contributed by atoms with van der Waals surface area (Å²) in [5.41, 5.74) is 2.26. The van der Waals surface area contributed by atoms with Gasteiger partial charge >= 0.3 is 0 Å². The van der Waals surface area contributed by atoms with Crippen LogP contribution in [0.2, 0.25) is 5.02 Å². The number of halogens is 1. The van der Waals surface area contributed by atoms with Gasteiger partial charge in [-0.1, -0.05) is 65.8 Å². The fraction of sp³-hybridized carbons (Fsp3) is 0.125. The quantitative estimate of drug-likeness (QED) is 0.226. The first-order valence-corrected chi connectivity index (χ1v) is 12.8. The van der Waals surface area contributed by atoms with Crippen molar-refractivity contribution < 1.29 is 9.59 Å². The first-order valence-electron chi connectivity index (χ1n) is 10.5. The number of benzene rings is 2. The summed E-state index contributed by atoms with van der Waals surface area (Å²) in [4.78, 5) is 29.4. The van der Waals surface area contributed by atoms with E-state index in [1.54, 1.807) is 34.9 Å². The smallest absolute Gasteiger partial charge is 0.251 e. The summed E-state index contributed by atoms with van der Waals surface area (Å²) in [6.07, 6.45) is 1.70. The molecule has 0 spiro atoms. The Labute approximate surface area is 215 Å². The van der Waals surface area contributed by atoms with Crippen LogP contribution in [0, 0.1) is 0 Å². The molecule has 2 aromatic carbocycles. The number of rotatable bonds is 10. The number of nitrogens with zero attached hydrogens (tertiary/aromatic N) is 4. The topological polar surface area (TPSA) is 102 Å². The van der Waals surface area contributed by atoms with E-state index in [1.165, 1.54) is 23.1 Å². The molecule has 2 aromatic heterocycles. The average Bonchev–Trinajstić information content (AvgIpc) is 3.49. The monoisotopic (exact) mass is 524 g/mol. The summed E-state index contributed by atoms with van der Waals surface area (Å²) in [5, 5.41) is 17.5. The van der Waals surface area contributed by atoms with Crippen LogP contribution in [0.15, 0.2) is 77.8 Å². The third kappa shape index (κ3) is 6.56. The SMILES string of the molecule is C=CCn1c(CNC(=O)c2cccc(Cl)c2)nnc1SCC(=O)Nc1nc(-c2ccccc2)cs1. The molecule has 2 heterocycles. The maximum Gasteiger partial charge on any atom is 0.251 e. The van der Waals surface area contributed by atoms with Crippen molar-refractivity contribution in [1.29, 1.82) is 0 Å². The van der Waals surface area contributed by atoms with Crippen LogP contribution in [0.1, 0.15) is 16.2 Å².